The van der Waals surface area contributed by atoms with Crippen molar-refractivity contribution < 1.29 is 0 Å². The van der Waals surface area contributed by atoms with E-state index in [0.29, 0.717) is 5.70 Å². The molecule has 2 atom stereocenters. The van der Waals surface area contributed by atoms with Crippen LogP contribution in [-0.4, -0.2) is 32.6 Å². The summed E-state index contributed by atoms with van der Waals surface area (Å²) in [5.41, 5.74) is 20.8. The highest BCUT2D eigenvalue weighted by Gasteiger charge is 2.24. The van der Waals surface area contributed by atoms with Crippen LogP contribution in [0.25, 0.3) is 5.70 Å². The average Bonchev–Trinajstić information content (AvgIpc) is 3.25. The lowest BCUT2D eigenvalue weighted by Crippen LogP contribution is -2.17. The summed E-state index contributed by atoms with van der Waals surface area (Å²) in [6.07, 6.45) is 30.1. The fourth-order valence-corrected chi connectivity index (χ4v) is 7.35. The fourth-order valence-electron chi connectivity index (χ4n) is 7.35. The second kappa shape index (κ2) is 24.1. The Labute approximate surface area is 356 Å². The van der Waals surface area contributed by atoms with E-state index in [9.17, 15) is 0 Å². The van der Waals surface area contributed by atoms with E-state index >= 15 is 0 Å². The minimum absolute atomic E-state index is 0.0999. The van der Waals surface area contributed by atoms with Crippen LogP contribution in [0.5, 0.6) is 0 Å². The Kier molecular flexibility index (Phi) is 18.7. The molecule has 2 aromatic rings. The highest BCUT2D eigenvalue weighted by Crippen LogP contribution is 2.36. The van der Waals surface area contributed by atoms with Crippen molar-refractivity contribution in [3.8, 4) is 0 Å². The van der Waals surface area contributed by atoms with Gasteiger partial charge in [-0.25, -0.2) is 0 Å². The van der Waals surface area contributed by atoms with Gasteiger partial charge in [0.15, 0.2) is 0 Å². The maximum atomic E-state index is 5.90. The Bertz CT molecular complexity index is 2080. The Morgan fingerprint density at radius 2 is 1.49 bits per heavy atom. The molecule has 0 saturated heterocycles. The zero-order valence-corrected chi connectivity index (χ0v) is 36.6. The first-order valence-electron chi connectivity index (χ1n) is 21.2. The van der Waals surface area contributed by atoms with E-state index in [4.69, 9.17) is 15.7 Å². The van der Waals surface area contributed by atoms with Crippen LogP contribution in [0.2, 0.25) is 0 Å². The zero-order chi connectivity index (χ0) is 42.6. The molecule has 1 aliphatic carbocycles. The van der Waals surface area contributed by atoms with Gasteiger partial charge in [-0.15, -0.1) is 0 Å². The van der Waals surface area contributed by atoms with E-state index in [-0.39, 0.29) is 11.8 Å². The summed E-state index contributed by atoms with van der Waals surface area (Å²) in [6, 6.07) is 19.6. The molecule has 0 aromatic heterocycles. The Balaban J connectivity index is 1.66. The molecular weight excluding hydrogens is 721 g/mol. The molecule has 1 aliphatic heterocycles. The van der Waals surface area contributed by atoms with E-state index in [0.717, 1.165) is 109 Å². The van der Waals surface area contributed by atoms with Crippen molar-refractivity contribution in [2.24, 2.45) is 27.6 Å². The summed E-state index contributed by atoms with van der Waals surface area (Å²) >= 11 is 0. The molecule has 2 aliphatic rings. The maximum Gasteiger partial charge on any atom is 0.0926 e. The highest BCUT2D eigenvalue weighted by molar-refractivity contribution is 6.06. The predicted molar refractivity (Wildman–Crippen MR) is 257 cm³/mol. The number of nitrogens with zero attached hydrogens (tertiary/aromatic N) is 2. The SMILES string of the molecule is C=C(N)/C=C(/CCCc1ccc(C2=N/C(c3ccccc3)=C(/C3C=CC(CCC/C(=C/C(=C\C)NC)C(=C)NC)=CC3)N=C(C(C)/C=C\C=C/C)CC2)cc1)C(=C)NC. The number of rotatable bonds is 21. The van der Waals surface area contributed by atoms with Gasteiger partial charge >= 0.3 is 0 Å². The Morgan fingerprint density at radius 3 is 2.08 bits per heavy atom. The third-order valence-electron chi connectivity index (χ3n) is 11.0. The van der Waals surface area contributed by atoms with Crippen LogP contribution in [-0.2, 0) is 6.42 Å². The number of allylic oxidation sites excluding steroid dienone is 13. The minimum atomic E-state index is 0.0999. The second-order valence-electron chi connectivity index (χ2n) is 15.2. The molecule has 4 rings (SSSR count). The highest BCUT2D eigenvalue weighted by atomic mass is 14.9. The lowest BCUT2D eigenvalue weighted by Gasteiger charge is -2.24. The molecule has 2 aromatic carbocycles. The number of nitrogens with two attached hydrogens (primary N) is 1. The molecule has 0 bridgehead atoms. The molecule has 0 radical (unpaired) electrons. The van der Waals surface area contributed by atoms with Gasteiger partial charge in [0.1, 0.15) is 0 Å². The van der Waals surface area contributed by atoms with Crippen molar-refractivity contribution in [3.63, 3.8) is 0 Å². The molecule has 0 saturated carbocycles. The number of aliphatic imine (C=N–C) groups is 2. The van der Waals surface area contributed by atoms with Crippen LogP contribution >= 0.6 is 0 Å². The van der Waals surface area contributed by atoms with Crippen molar-refractivity contribution in [2.75, 3.05) is 21.1 Å². The monoisotopic (exact) mass is 789 g/mol. The summed E-state index contributed by atoms with van der Waals surface area (Å²) in [5.74, 6) is 0.275. The van der Waals surface area contributed by atoms with E-state index in [1.54, 1.807) is 0 Å². The van der Waals surface area contributed by atoms with Crippen LogP contribution in [0, 0.1) is 11.8 Å². The van der Waals surface area contributed by atoms with Crippen molar-refractivity contribution >= 4 is 17.1 Å². The first-order valence-corrected chi connectivity index (χ1v) is 21.2. The largest absolute Gasteiger partial charge is 0.399 e. The Hall–Kier alpha value is -5.88. The number of nitrogens with one attached hydrogen (secondary N) is 3. The third-order valence-corrected chi connectivity index (χ3v) is 11.0. The molecule has 1 heterocycles. The van der Waals surface area contributed by atoms with Gasteiger partial charge in [-0.1, -0.05) is 135 Å². The first-order chi connectivity index (χ1) is 28.6. The molecular formula is C53H68N6. The summed E-state index contributed by atoms with van der Waals surface area (Å²) in [7, 11) is 5.77. The van der Waals surface area contributed by atoms with E-state index in [2.05, 4.69) is 152 Å². The number of likely N-dealkylation sites (N-methyl/N-ethyl adjacent to an activating group) is 3. The van der Waals surface area contributed by atoms with Crippen LogP contribution in [0.1, 0.15) is 88.8 Å². The number of benzene rings is 2. The molecule has 5 N–H and O–H groups in total. The van der Waals surface area contributed by atoms with Crippen LogP contribution in [0.4, 0.5) is 0 Å². The second-order valence-corrected chi connectivity index (χ2v) is 15.2. The number of aryl methyl sites for hydroxylation is 1. The van der Waals surface area contributed by atoms with Crippen molar-refractivity contribution in [3.05, 3.63) is 197 Å². The number of hydrogen-bond donors (Lipinski definition) is 4. The van der Waals surface area contributed by atoms with E-state index in [1.807, 2.05) is 41.1 Å². The lowest BCUT2D eigenvalue weighted by atomic mass is 9.88. The van der Waals surface area contributed by atoms with Crippen LogP contribution in [0.15, 0.2) is 190 Å². The molecule has 310 valence electrons. The van der Waals surface area contributed by atoms with Gasteiger partial charge in [0.25, 0.3) is 0 Å². The molecule has 6 nitrogen and oxygen atoms in total. The summed E-state index contributed by atoms with van der Waals surface area (Å²) < 4.78 is 0. The molecule has 59 heavy (non-hydrogen) atoms. The molecule has 6 heteroatoms. The van der Waals surface area contributed by atoms with Gasteiger partial charge in [0, 0.05) is 72.8 Å². The molecule has 0 fully saturated rings. The molecule has 0 spiro atoms. The van der Waals surface area contributed by atoms with E-state index < -0.39 is 0 Å². The molecule has 0 amide bonds. The zero-order valence-electron chi connectivity index (χ0n) is 36.6. The number of hydrogen-bond acceptors (Lipinski definition) is 6. The third kappa shape index (κ3) is 14.2. The normalized spacial score (nSPS) is 18.4. The standard InChI is InChI=1S/C53H68N6/c1-10-12-14-19-38(3)50-34-35-51(44-30-26-42(27-31-44)20-17-24-47(36-39(4)54)40(5)55-7)59-52(45-22-15-13-16-23-45)53(58-50)46-32-28-43(29-33-46)21-18-25-48(41(6)56-8)37-49(11-2)57-9/h10-16,19,22-23,26-32,36-38,46,55-57H,4-6,17-18,20-21,24-25,33-35,54H2,1-3,7-9H3/b12-10-,19-14-,47-36-,48-37-,49-11+,53-52-,58-50?,59-51?. The first kappa shape index (κ1) is 45.8. The van der Waals surface area contributed by atoms with Gasteiger partial charge < -0.3 is 21.7 Å². The van der Waals surface area contributed by atoms with Gasteiger partial charge in [0.05, 0.1) is 11.4 Å². The maximum absolute atomic E-state index is 5.90. The van der Waals surface area contributed by atoms with Crippen molar-refractivity contribution in [2.45, 2.75) is 78.6 Å². The summed E-state index contributed by atoms with van der Waals surface area (Å²) in [6.45, 7) is 18.6. The van der Waals surface area contributed by atoms with Crippen LogP contribution < -0.4 is 21.7 Å². The lowest BCUT2D eigenvalue weighted by molar-refractivity contribution is 0.727. The summed E-state index contributed by atoms with van der Waals surface area (Å²) in [5, 5.41) is 9.66. The van der Waals surface area contributed by atoms with Gasteiger partial charge in [-0.05, 0) is 106 Å². The average molecular weight is 789 g/mol. The Morgan fingerprint density at radius 1 is 0.814 bits per heavy atom. The smallest absolute Gasteiger partial charge is 0.0926 e. The molecule has 2 unspecified atom stereocenters. The van der Waals surface area contributed by atoms with Gasteiger partial charge in [-0.3, -0.25) is 9.98 Å². The van der Waals surface area contributed by atoms with Crippen LogP contribution in [0.3, 0.4) is 0 Å². The van der Waals surface area contributed by atoms with Gasteiger partial charge in [0.2, 0.25) is 0 Å². The minimum Gasteiger partial charge on any atom is -0.399 e. The topological polar surface area (TPSA) is 86.8 Å². The quantitative estimate of drug-likeness (QED) is 0.0949. The van der Waals surface area contributed by atoms with Crippen molar-refractivity contribution in [1.29, 1.82) is 0 Å². The van der Waals surface area contributed by atoms with E-state index in [1.165, 1.54) is 22.4 Å². The van der Waals surface area contributed by atoms with Crippen molar-refractivity contribution in [1.82, 2.24) is 16.0 Å². The predicted octanol–water partition coefficient (Wildman–Crippen LogP) is 11.8. The summed E-state index contributed by atoms with van der Waals surface area (Å²) in [4.78, 5) is 11.1. The fraction of sp³-hybridized carbons (Fsp3) is 0.321. The van der Waals surface area contributed by atoms with Gasteiger partial charge in [-0.2, -0.15) is 0 Å².